The third-order valence-corrected chi connectivity index (χ3v) is 10.2. The van der Waals surface area contributed by atoms with Crippen LogP contribution in [-0.2, 0) is 27.9 Å². The Labute approximate surface area is 338 Å². The molecule has 2 unspecified atom stereocenters. The number of carbonyl (C=O) groups is 1. The van der Waals surface area contributed by atoms with E-state index in [1.165, 1.54) is 96.3 Å². The zero-order valence-corrected chi connectivity index (χ0v) is 36.3. The van der Waals surface area contributed by atoms with Gasteiger partial charge in [-0.05, 0) is 77.0 Å². The zero-order chi connectivity index (χ0) is 40.2. The molecular weight excluding hydrogens is 709 g/mol. The highest BCUT2D eigenvalue weighted by molar-refractivity contribution is 7.47. The van der Waals surface area contributed by atoms with Crippen molar-refractivity contribution in [1.29, 1.82) is 0 Å². The summed E-state index contributed by atoms with van der Waals surface area (Å²) in [7, 11) is -4.29. The molecule has 0 aromatic heterocycles. The van der Waals surface area contributed by atoms with Crippen molar-refractivity contribution in [2.24, 2.45) is 5.73 Å². The van der Waals surface area contributed by atoms with Crippen molar-refractivity contribution in [3.63, 3.8) is 0 Å². The fourth-order valence-electron chi connectivity index (χ4n) is 5.92. The Kier molecular flexibility index (Phi) is 41.9. The lowest BCUT2D eigenvalue weighted by Gasteiger charge is -2.20. The molecule has 0 spiro atoms. The van der Waals surface area contributed by atoms with Gasteiger partial charge in [0.05, 0.1) is 19.8 Å². The maximum Gasteiger partial charge on any atom is 0.472 e. The quantitative estimate of drug-likeness (QED) is 0.0271. The molecule has 0 amide bonds. The number of hydrogen-bond donors (Lipinski definition) is 2. The molecule has 0 fully saturated rings. The summed E-state index contributed by atoms with van der Waals surface area (Å²) in [4.78, 5) is 22.5. The van der Waals surface area contributed by atoms with Crippen molar-refractivity contribution in [3.8, 4) is 0 Å². The fraction of sp³-hybridized carbons (Fsp3) is 0.761. The highest BCUT2D eigenvalue weighted by Gasteiger charge is 2.25. The first-order chi connectivity index (χ1) is 26.9. The van der Waals surface area contributed by atoms with Crippen LogP contribution in [0.5, 0.6) is 0 Å². The van der Waals surface area contributed by atoms with Crippen LogP contribution in [0.4, 0.5) is 0 Å². The number of ether oxygens (including phenoxy) is 2. The molecule has 8 nitrogen and oxygen atoms in total. The Morgan fingerprint density at radius 2 is 1.02 bits per heavy atom. The lowest BCUT2D eigenvalue weighted by atomic mass is 10.1. The lowest BCUT2D eigenvalue weighted by molar-refractivity contribution is -0.154. The Morgan fingerprint density at radius 1 is 0.564 bits per heavy atom. The molecule has 0 bridgehead atoms. The maximum atomic E-state index is 12.6. The van der Waals surface area contributed by atoms with Crippen molar-refractivity contribution in [2.45, 2.75) is 193 Å². The second kappa shape index (κ2) is 43.3. The number of hydrogen-bond acceptors (Lipinski definition) is 7. The summed E-state index contributed by atoms with van der Waals surface area (Å²) in [5, 5.41) is 0. The van der Waals surface area contributed by atoms with E-state index >= 15 is 0 Å². The topological polar surface area (TPSA) is 117 Å². The monoisotopic (exact) mass is 794 g/mol. The van der Waals surface area contributed by atoms with Crippen LogP contribution in [0.15, 0.2) is 60.8 Å². The van der Waals surface area contributed by atoms with Crippen LogP contribution >= 0.6 is 7.82 Å². The van der Waals surface area contributed by atoms with Gasteiger partial charge in [0.15, 0.2) is 0 Å². The Hall–Kier alpha value is -1.80. The molecule has 0 saturated heterocycles. The van der Waals surface area contributed by atoms with Crippen LogP contribution < -0.4 is 5.73 Å². The lowest BCUT2D eigenvalue weighted by Crippen LogP contribution is -2.28. The summed E-state index contributed by atoms with van der Waals surface area (Å²) in [5.41, 5.74) is 5.37. The van der Waals surface area contributed by atoms with Crippen molar-refractivity contribution in [3.05, 3.63) is 60.8 Å². The van der Waals surface area contributed by atoms with Gasteiger partial charge in [-0.25, -0.2) is 4.57 Å². The maximum absolute atomic E-state index is 12.6. The van der Waals surface area contributed by atoms with Crippen molar-refractivity contribution < 1.29 is 32.8 Å². The molecule has 3 N–H and O–H groups in total. The van der Waals surface area contributed by atoms with Crippen LogP contribution in [0, 0.1) is 0 Å². The van der Waals surface area contributed by atoms with Gasteiger partial charge < -0.3 is 20.1 Å². The second-order valence-electron chi connectivity index (χ2n) is 14.5. The van der Waals surface area contributed by atoms with Crippen molar-refractivity contribution in [1.82, 2.24) is 0 Å². The van der Waals surface area contributed by atoms with E-state index in [0.717, 1.165) is 70.6 Å². The Morgan fingerprint density at radius 3 is 1.55 bits per heavy atom. The Bertz CT molecular complexity index is 1030. The minimum Gasteiger partial charge on any atom is -0.457 e. The molecule has 0 aliphatic heterocycles. The number of nitrogens with two attached hydrogens (primary N) is 1. The molecule has 320 valence electrons. The molecule has 0 saturated carbocycles. The van der Waals surface area contributed by atoms with E-state index < -0.39 is 13.9 Å². The highest BCUT2D eigenvalue weighted by atomic mass is 31.2. The molecule has 9 heteroatoms. The summed E-state index contributed by atoms with van der Waals surface area (Å²) in [5.74, 6) is -0.347. The third-order valence-electron chi connectivity index (χ3n) is 9.17. The van der Waals surface area contributed by atoms with E-state index in [-0.39, 0.29) is 32.3 Å². The standard InChI is InChI=1S/C46H84NO7P/c1-3-5-7-9-11-13-15-17-19-21-22-23-25-27-29-31-33-35-37-39-46(48)54-45(44-53-55(49,50)52-42-40-47)43-51-41-38-36-34-32-30-28-26-24-20-18-16-14-12-10-8-6-4-2/h5,7,11,13,17,19-20,22-24,45H,3-4,6,8-10,12,14-16,18,21,25-44,47H2,1-2H3,(H,49,50)/b7-5-,13-11-,19-17-,23-22-,24-20-. The number of phosphoric ester groups is 1. The molecule has 0 heterocycles. The van der Waals surface area contributed by atoms with Gasteiger partial charge in [-0.15, -0.1) is 0 Å². The van der Waals surface area contributed by atoms with E-state index in [2.05, 4.69) is 74.6 Å². The number of unbranched alkanes of at least 4 members (excludes halogenated alkanes) is 19. The number of phosphoric acid groups is 1. The van der Waals surface area contributed by atoms with E-state index in [4.69, 9.17) is 24.3 Å². The predicted octanol–water partition coefficient (Wildman–Crippen LogP) is 13.4. The van der Waals surface area contributed by atoms with Crippen LogP contribution in [-0.4, -0.2) is 49.9 Å². The molecule has 0 aliphatic rings. The predicted molar refractivity (Wildman–Crippen MR) is 233 cm³/mol. The van der Waals surface area contributed by atoms with Gasteiger partial charge in [-0.1, -0.05) is 164 Å². The first-order valence-corrected chi connectivity index (χ1v) is 23.8. The molecule has 0 aromatic rings. The van der Waals surface area contributed by atoms with E-state index in [1.54, 1.807) is 0 Å². The van der Waals surface area contributed by atoms with E-state index in [0.29, 0.717) is 13.0 Å². The van der Waals surface area contributed by atoms with Crippen molar-refractivity contribution >= 4 is 13.8 Å². The van der Waals surface area contributed by atoms with Gasteiger partial charge >= 0.3 is 13.8 Å². The molecule has 55 heavy (non-hydrogen) atoms. The molecule has 2 atom stereocenters. The van der Waals surface area contributed by atoms with Crippen LogP contribution in [0.2, 0.25) is 0 Å². The summed E-state index contributed by atoms with van der Waals surface area (Å²) in [6.07, 6.45) is 52.3. The minimum absolute atomic E-state index is 0.0944. The number of carbonyl (C=O) groups excluding carboxylic acids is 1. The second-order valence-corrected chi connectivity index (χ2v) is 16.0. The first-order valence-electron chi connectivity index (χ1n) is 22.3. The van der Waals surface area contributed by atoms with E-state index in [9.17, 15) is 14.3 Å². The highest BCUT2D eigenvalue weighted by Crippen LogP contribution is 2.43. The van der Waals surface area contributed by atoms with Crippen LogP contribution in [0.1, 0.15) is 187 Å². The molecular formula is C46H84NO7P. The summed E-state index contributed by atoms with van der Waals surface area (Å²) in [6, 6.07) is 0. The summed E-state index contributed by atoms with van der Waals surface area (Å²) in [6.45, 7) is 4.77. The van der Waals surface area contributed by atoms with Gasteiger partial charge in [-0.2, -0.15) is 0 Å². The molecule has 0 radical (unpaired) electrons. The molecule has 0 aliphatic carbocycles. The summed E-state index contributed by atoms with van der Waals surface area (Å²) >= 11 is 0. The minimum atomic E-state index is -4.29. The third kappa shape index (κ3) is 43.2. The van der Waals surface area contributed by atoms with Crippen LogP contribution in [0.25, 0.3) is 0 Å². The molecule has 0 aromatic carbocycles. The van der Waals surface area contributed by atoms with Gasteiger partial charge in [0, 0.05) is 19.6 Å². The molecule has 0 rings (SSSR count). The Balaban J connectivity index is 4.07. The summed E-state index contributed by atoms with van der Waals surface area (Å²) < 4.78 is 33.4. The normalized spacial score (nSPS) is 14.0. The zero-order valence-electron chi connectivity index (χ0n) is 35.4. The fourth-order valence-corrected chi connectivity index (χ4v) is 6.69. The number of allylic oxidation sites excluding steroid dienone is 10. The average Bonchev–Trinajstić information content (AvgIpc) is 3.17. The van der Waals surface area contributed by atoms with Crippen LogP contribution in [0.3, 0.4) is 0 Å². The van der Waals surface area contributed by atoms with Gasteiger partial charge in [0.2, 0.25) is 0 Å². The first kappa shape index (κ1) is 53.2. The van der Waals surface area contributed by atoms with Gasteiger partial charge in [0.1, 0.15) is 6.10 Å². The number of rotatable bonds is 42. The SMILES string of the molecule is CC/C=C\C/C=C\C/C=C\C/C=C\CCCCCCCCC(=O)OC(COCCCCCCCC/C=C\CCCCCCCCC)COP(=O)(O)OCCN. The van der Waals surface area contributed by atoms with E-state index in [1.807, 2.05) is 0 Å². The largest absolute Gasteiger partial charge is 0.472 e. The average molecular weight is 794 g/mol. The van der Waals surface area contributed by atoms with Gasteiger partial charge in [0.25, 0.3) is 0 Å². The van der Waals surface area contributed by atoms with Crippen molar-refractivity contribution in [2.75, 3.05) is 33.0 Å². The smallest absolute Gasteiger partial charge is 0.457 e. The van der Waals surface area contributed by atoms with Gasteiger partial charge in [-0.3, -0.25) is 13.8 Å². The number of esters is 1.